The number of nitrogens with one attached hydrogen (secondary N) is 1. The molecule has 0 bridgehead atoms. The molecular weight excluding hydrogens is 641 g/mol. The van der Waals surface area contributed by atoms with E-state index in [9.17, 15) is 18.0 Å². The van der Waals surface area contributed by atoms with E-state index in [0.717, 1.165) is 67.4 Å². The van der Waals surface area contributed by atoms with Gasteiger partial charge in [-0.2, -0.15) is 13.2 Å². The summed E-state index contributed by atoms with van der Waals surface area (Å²) < 4.78 is 41.8. The Morgan fingerprint density at radius 2 is 1.72 bits per heavy atom. The largest absolute Gasteiger partial charge is 0.416 e. The third kappa shape index (κ3) is 7.96. The predicted molar refractivity (Wildman–Crippen MR) is 185 cm³/mol. The van der Waals surface area contributed by atoms with Gasteiger partial charge in [-0.25, -0.2) is 4.98 Å². The summed E-state index contributed by atoms with van der Waals surface area (Å²) in [6, 6.07) is 19.1. The zero-order chi connectivity index (χ0) is 33.0. The minimum atomic E-state index is -4.52. The molecule has 2 aliphatic rings. The van der Waals surface area contributed by atoms with Crippen molar-refractivity contribution in [3.05, 3.63) is 94.0 Å². The van der Waals surface area contributed by atoms with Crippen LogP contribution in [0.5, 0.6) is 0 Å². The molecule has 3 heterocycles. The second-order valence-corrected chi connectivity index (χ2v) is 14.1. The van der Waals surface area contributed by atoms with Gasteiger partial charge < -0.3 is 10.2 Å². The maximum Gasteiger partial charge on any atom is 0.416 e. The van der Waals surface area contributed by atoms with Gasteiger partial charge in [0, 0.05) is 40.5 Å². The molecule has 2 fully saturated rings. The van der Waals surface area contributed by atoms with E-state index in [0.29, 0.717) is 57.4 Å². The van der Waals surface area contributed by atoms with Crippen molar-refractivity contribution in [2.75, 3.05) is 31.9 Å². The molecule has 0 saturated carbocycles. The van der Waals surface area contributed by atoms with Gasteiger partial charge in [0.25, 0.3) is 5.91 Å². The Hall–Kier alpha value is -3.11. The van der Waals surface area contributed by atoms with Crippen LogP contribution in [0.25, 0.3) is 22.2 Å². The summed E-state index contributed by atoms with van der Waals surface area (Å²) in [5.41, 5.74) is 2.43. The van der Waals surface area contributed by atoms with Crippen molar-refractivity contribution in [2.45, 2.75) is 69.2 Å². The monoisotopic (exact) mass is 680 g/mol. The first kappa shape index (κ1) is 33.8. The van der Waals surface area contributed by atoms with Gasteiger partial charge in [-0.15, -0.1) is 11.8 Å². The maximum atomic E-state index is 14.3. The van der Waals surface area contributed by atoms with Gasteiger partial charge in [0.1, 0.15) is 0 Å². The Labute approximate surface area is 283 Å². The average molecular weight is 681 g/mol. The van der Waals surface area contributed by atoms with Crippen LogP contribution < -0.4 is 5.32 Å². The number of nitrogens with zero attached hydrogens (tertiary/aromatic N) is 3. The SMILES string of the molecule is CCSc1cc2c(C(=O)NCc3ccccc3)c(CN3CCC(N4CCCCC4)CC3)c(-c3cccc(C(F)(F)F)c3)nc2cc1Cl. The lowest BCUT2D eigenvalue weighted by Crippen LogP contribution is -2.46. The second-order valence-electron chi connectivity index (χ2n) is 12.4. The Balaban J connectivity index is 1.46. The third-order valence-corrected chi connectivity index (χ3v) is 10.6. The van der Waals surface area contributed by atoms with Crippen LogP contribution in [-0.2, 0) is 19.3 Å². The van der Waals surface area contributed by atoms with E-state index >= 15 is 0 Å². The zero-order valence-corrected chi connectivity index (χ0v) is 28.2. The van der Waals surface area contributed by atoms with Crippen LogP contribution in [0.4, 0.5) is 13.2 Å². The van der Waals surface area contributed by atoms with Gasteiger partial charge >= 0.3 is 6.18 Å². The fraction of sp³-hybridized carbons (Fsp3) is 0.405. The van der Waals surface area contributed by atoms with Crippen molar-refractivity contribution >= 4 is 40.2 Å². The number of piperidine rings is 2. The minimum Gasteiger partial charge on any atom is -0.348 e. The highest BCUT2D eigenvalue weighted by Gasteiger charge is 2.32. The number of likely N-dealkylation sites (tertiary alicyclic amines) is 2. The molecule has 0 radical (unpaired) electrons. The van der Waals surface area contributed by atoms with Gasteiger partial charge in [-0.05, 0) is 87.4 Å². The lowest BCUT2D eigenvalue weighted by molar-refractivity contribution is -0.137. The number of rotatable bonds is 9. The van der Waals surface area contributed by atoms with Crippen molar-refractivity contribution < 1.29 is 18.0 Å². The van der Waals surface area contributed by atoms with Gasteiger partial charge in [-0.3, -0.25) is 9.69 Å². The molecular formula is C37H40ClF3N4OS. The molecule has 1 aromatic heterocycles. The summed E-state index contributed by atoms with van der Waals surface area (Å²) in [6.07, 6.45) is 1.29. The molecule has 4 aromatic rings. The predicted octanol–water partition coefficient (Wildman–Crippen LogP) is 9.07. The van der Waals surface area contributed by atoms with E-state index < -0.39 is 11.7 Å². The van der Waals surface area contributed by atoms with Crippen LogP contribution in [-0.4, -0.2) is 58.7 Å². The molecule has 47 heavy (non-hydrogen) atoms. The van der Waals surface area contributed by atoms with E-state index in [4.69, 9.17) is 16.6 Å². The first-order valence-corrected chi connectivity index (χ1v) is 17.8. The standard InChI is InChI=1S/C37H40ClF3N4OS/c1-2-47-33-21-29-32(22-31(33)38)43-35(26-12-9-13-27(20-26)37(39,40)41)30(34(29)36(46)42-23-25-10-5-3-6-11-25)24-44-18-14-28(15-19-44)45-16-7-4-8-17-45/h3,5-6,9-13,20-22,28H,2,4,7-8,14-19,23-24H2,1H3,(H,42,46). The Kier molecular flexibility index (Phi) is 10.8. The number of hydrogen-bond acceptors (Lipinski definition) is 5. The van der Waals surface area contributed by atoms with Crippen LogP contribution in [0.3, 0.4) is 0 Å². The van der Waals surface area contributed by atoms with E-state index in [2.05, 4.69) is 15.1 Å². The molecule has 0 spiro atoms. The molecule has 1 amide bonds. The summed E-state index contributed by atoms with van der Waals surface area (Å²) in [4.78, 5) is 25.1. The number of benzene rings is 3. The van der Waals surface area contributed by atoms with Crippen LogP contribution >= 0.6 is 23.4 Å². The molecule has 6 rings (SSSR count). The number of thioether (sulfide) groups is 1. The second kappa shape index (κ2) is 15.0. The van der Waals surface area contributed by atoms with Crippen molar-refractivity contribution in [3.63, 3.8) is 0 Å². The Morgan fingerprint density at radius 3 is 2.43 bits per heavy atom. The first-order valence-electron chi connectivity index (χ1n) is 16.5. The first-order chi connectivity index (χ1) is 22.7. The average Bonchev–Trinajstić information content (AvgIpc) is 3.08. The summed E-state index contributed by atoms with van der Waals surface area (Å²) in [5, 5.41) is 4.24. The van der Waals surface area contributed by atoms with Crippen molar-refractivity contribution in [2.24, 2.45) is 0 Å². The summed E-state index contributed by atoms with van der Waals surface area (Å²) >= 11 is 8.27. The zero-order valence-electron chi connectivity index (χ0n) is 26.6. The van der Waals surface area contributed by atoms with Gasteiger partial charge in [0.15, 0.2) is 0 Å². The normalized spacial score (nSPS) is 16.9. The molecule has 10 heteroatoms. The van der Waals surface area contributed by atoms with Crippen molar-refractivity contribution in [1.29, 1.82) is 0 Å². The van der Waals surface area contributed by atoms with Gasteiger partial charge in [0.05, 0.1) is 27.4 Å². The lowest BCUT2D eigenvalue weighted by atomic mass is 9.93. The fourth-order valence-electron chi connectivity index (χ4n) is 6.88. The Morgan fingerprint density at radius 1 is 0.979 bits per heavy atom. The number of amides is 1. The summed E-state index contributed by atoms with van der Waals surface area (Å²) in [7, 11) is 0. The van der Waals surface area contributed by atoms with Crippen LogP contribution in [0.15, 0.2) is 71.6 Å². The molecule has 0 unspecified atom stereocenters. The number of pyridine rings is 1. The highest BCUT2D eigenvalue weighted by molar-refractivity contribution is 7.99. The van der Waals surface area contributed by atoms with E-state index in [1.54, 1.807) is 23.9 Å². The number of aromatic nitrogens is 1. The lowest BCUT2D eigenvalue weighted by Gasteiger charge is -2.40. The smallest absolute Gasteiger partial charge is 0.348 e. The molecule has 2 saturated heterocycles. The highest BCUT2D eigenvalue weighted by atomic mass is 35.5. The quantitative estimate of drug-likeness (QED) is 0.179. The van der Waals surface area contributed by atoms with Crippen LogP contribution in [0.1, 0.15) is 66.1 Å². The van der Waals surface area contributed by atoms with Crippen LogP contribution in [0, 0.1) is 0 Å². The number of alkyl halides is 3. The molecule has 0 atom stereocenters. The number of carbonyl (C=O) groups excluding carboxylic acids is 1. The molecule has 1 N–H and O–H groups in total. The summed E-state index contributed by atoms with van der Waals surface area (Å²) in [5.74, 6) is 0.498. The topological polar surface area (TPSA) is 48.5 Å². The minimum absolute atomic E-state index is 0.289. The molecule has 2 aliphatic heterocycles. The van der Waals surface area contributed by atoms with E-state index in [-0.39, 0.29) is 5.91 Å². The van der Waals surface area contributed by atoms with Crippen molar-refractivity contribution in [3.8, 4) is 11.3 Å². The molecule has 248 valence electrons. The molecule has 0 aliphatic carbocycles. The number of carbonyl (C=O) groups is 1. The third-order valence-electron chi connectivity index (χ3n) is 9.27. The van der Waals surface area contributed by atoms with Gasteiger partial charge in [0.2, 0.25) is 0 Å². The van der Waals surface area contributed by atoms with Crippen LogP contribution in [0.2, 0.25) is 5.02 Å². The highest BCUT2D eigenvalue weighted by Crippen LogP contribution is 2.39. The Bertz CT molecular complexity index is 1700. The van der Waals surface area contributed by atoms with Crippen molar-refractivity contribution in [1.82, 2.24) is 20.1 Å². The van der Waals surface area contributed by atoms with E-state index in [1.165, 1.54) is 25.3 Å². The summed E-state index contributed by atoms with van der Waals surface area (Å²) in [6.45, 7) is 6.71. The maximum absolute atomic E-state index is 14.3. The number of fused-ring (bicyclic) bond motifs is 1. The fourth-order valence-corrected chi connectivity index (χ4v) is 7.91. The van der Waals surface area contributed by atoms with Gasteiger partial charge in [-0.1, -0.05) is 67.4 Å². The number of halogens is 4. The number of hydrogen-bond donors (Lipinski definition) is 1. The van der Waals surface area contributed by atoms with E-state index in [1.807, 2.05) is 43.3 Å². The molecule has 5 nitrogen and oxygen atoms in total. The molecule has 3 aromatic carbocycles.